The Hall–Kier alpha value is -2.11. The molecule has 1 aromatic heterocycles. The zero-order valence-electron chi connectivity index (χ0n) is 12.7. The summed E-state index contributed by atoms with van der Waals surface area (Å²) in [5.41, 5.74) is 1.46. The van der Waals surface area contributed by atoms with Crippen LogP contribution >= 0.6 is 11.6 Å². The Morgan fingerprint density at radius 3 is 2.35 bits per heavy atom. The van der Waals surface area contributed by atoms with Gasteiger partial charge in [-0.1, -0.05) is 23.7 Å². The third-order valence-electron chi connectivity index (χ3n) is 4.02. The van der Waals surface area contributed by atoms with E-state index in [2.05, 4.69) is 14.8 Å². The zero-order valence-corrected chi connectivity index (χ0v) is 13.4. The molecule has 0 aliphatic carbocycles. The van der Waals surface area contributed by atoms with Crippen molar-refractivity contribution in [2.75, 3.05) is 31.1 Å². The Morgan fingerprint density at radius 1 is 1.09 bits per heavy atom. The molecule has 1 fully saturated rings. The fourth-order valence-electron chi connectivity index (χ4n) is 2.70. The highest BCUT2D eigenvalue weighted by Gasteiger charge is 2.18. The Bertz CT molecular complexity index is 665. The van der Waals surface area contributed by atoms with E-state index in [1.807, 2.05) is 24.3 Å². The van der Waals surface area contributed by atoms with Crippen LogP contribution in [0, 0.1) is 0 Å². The molecule has 1 N–H and O–H groups in total. The molecule has 5 nitrogen and oxygen atoms in total. The molecule has 1 aliphatic rings. The second kappa shape index (κ2) is 6.98. The number of piperazine rings is 1. The van der Waals surface area contributed by atoms with E-state index in [0.29, 0.717) is 10.6 Å². The van der Waals surface area contributed by atoms with Gasteiger partial charge in [-0.3, -0.25) is 4.90 Å². The predicted molar refractivity (Wildman–Crippen MR) is 90.1 cm³/mol. The van der Waals surface area contributed by atoms with Gasteiger partial charge in [-0.2, -0.15) is 0 Å². The lowest BCUT2D eigenvalue weighted by molar-refractivity contribution is 0.0697. The van der Waals surface area contributed by atoms with Gasteiger partial charge >= 0.3 is 5.97 Å². The van der Waals surface area contributed by atoms with Crippen LogP contribution in [0.1, 0.15) is 15.9 Å². The van der Waals surface area contributed by atoms with Gasteiger partial charge in [-0.05, 0) is 29.8 Å². The van der Waals surface area contributed by atoms with Crippen LogP contribution in [0.4, 0.5) is 5.82 Å². The number of hydrogen-bond acceptors (Lipinski definition) is 4. The molecule has 23 heavy (non-hydrogen) atoms. The molecular weight excluding hydrogens is 314 g/mol. The number of aromatic carboxylic acids is 1. The summed E-state index contributed by atoms with van der Waals surface area (Å²) < 4.78 is 0. The number of carbonyl (C=O) groups is 1. The predicted octanol–water partition coefficient (Wildman–Crippen LogP) is 2.76. The molecule has 1 saturated heterocycles. The van der Waals surface area contributed by atoms with Gasteiger partial charge in [-0.25, -0.2) is 9.78 Å². The zero-order chi connectivity index (χ0) is 16.2. The molecule has 0 spiro atoms. The fourth-order valence-corrected chi connectivity index (χ4v) is 2.81. The normalized spacial score (nSPS) is 15.6. The van der Waals surface area contributed by atoms with Gasteiger partial charge in [0.05, 0.1) is 10.6 Å². The second-order valence-corrected chi connectivity index (χ2v) is 6.04. The standard InChI is InChI=1S/C17H18ClN3O2/c18-15-5-6-16(19-11-15)21-9-7-20(8-10-21)12-13-1-3-14(4-2-13)17(22)23/h1-6,11H,7-10,12H2,(H,22,23). The van der Waals surface area contributed by atoms with Crippen molar-refractivity contribution < 1.29 is 9.90 Å². The molecule has 2 aromatic rings. The lowest BCUT2D eigenvalue weighted by atomic mass is 10.1. The van der Waals surface area contributed by atoms with Crippen LogP contribution in [0.2, 0.25) is 5.02 Å². The van der Waals surface area contributed by atoms with Crippen LogP contribution in [0.25, 0.3) is 0 Å². The molecule has 120 valence electrons. The topological polar surface area (TPSA) is 56.7 Å². The average Bonchev–Trinajstić information content (AvgIpc) is 2.57. The van der Waals surface area contributed by atoms with Crippen LogP contribution in [0.5, 0.6) is 0 Å². The number of nitrogens with zero attached hydrogens (tertiary/aromatic N) is 3. The monoisotopic (exact) mass is 331 g/mol. The third kappa shape index (κ3) is 4.00. The first-order valence-corrected chi connectivity index (χ1v) is 7.91. The van der Waals surface area contributed by atoms with Crippen LogP contribution < -0.4 is 4.90 Å². The van der Waals surface area contributed by atoms with Crippen LogP contribution in [-0.2, 0) is 6.54 Å². The Balaban J connectivity index is 1.54. The number of halogens is 1. The maximum absolute atomic E-state index is 10.9. The minimum absolute atomic E-state index is 0.326. The van der Waals surface area contributed by atoms with E-state index < -0.39 is 5.97 Å². The van der Waals surface area contributed by atoms with E-state index in [9.17, 15) is 4.79 Å². The van der Waals surface area contributed by atoms with Crippen LogP contribution in [-0.4, -0.2) is 47.1 Å². The average molecular weight is 332 g/mol. The third-order valence-corrected chi connectivity index (χ3v) is 4.24. The molecule has 3 rings (SSSR count). The number of pyridine rings is 1. The van der Waals surface area contributed by atoms with Gasteiger partial charge in [0.15, 0.2) is 0 Å². The molecule has 1 aliphatic heterocycles. The van der Waals surface area contributed by atoms with E-state index in [-0.39, 0.29) is 0 Å². The number of anilines is 1. The summed E-state index contributed by atoms with van der Waals surface area (Å²) in [6, 6.07) is 10.9. The molecule has 0 bridgehead atoms. The van der Waals surface area contributed by atoms with Crippen molar-refractivity contribution in [1.29, 1.82) is 0 Å². The summed E-state index contributed by atoms with van der Waals surface area (Å²) in [7, 11) is 0. The van der Waals surface area contributed by atoms with Gasteiger partial charge in [0.1, 0.15) is 5.82 Å². The lowest BCUT2D eigenvalue weighted by Crippen LogP contribution is -2.46. The van der Waals surface area contributed by atoms with Crippen molar-refractivity contribution in [2.24, 2.45) is 0 Å². The number of aromatic nitrogens is 1. The largest absolute Gasteiger partial charge is 0.478 e. The second-order valence-electron chi connectivity index (χ2n) is 5.60. The molecule has 1 aromatic carbocycles. The maximum Gasteiger partial charge on any atom is 0.335 e. The molecule has 2 heterocycles. The highest BCUT2D eigenvalue weighted by Crippen LogP contribution is 2.17. The van der Waals surface area contributed by atoms with Crippen molar-refractivity contribution in [1.82, 2.24) is 9.88 Å². The first kappa shape index (κ1) is 15.8. The molecule has 0 atom stereocenters. The minimum Gasteiger partial charge on any atom is -0.478 e. The number of rotatable bonds is 4. The van der Waals surface area contributed by atoms with Crippen molar-refractivity contribution in [3.8, 4) is 0 Å². The quantitative estimate of drug-likeness (QED) is 0.933. The van der Waals surface area contributed by atoms with Gasteiger partial charge in [0, 0.05) is 38.9 Å². The maximum atomic E-state index is 10.9. The highest BCUT2D eigenvalue weighted by atomic mass is 35.5. The number of carboxylic acid groups (broad SMARTS) is 1. The molecule has 0 radical (unpaired) electrons. The molecule has 6 heteroatoms. The van der Waals surface area contributed by atoms with E-state index in [0.717, 1.165) is 44.1 Å². The van der Waals surface area contributed by atoms with Gasteiger partial charge < -0.3 is 10.0 Å². The lowest BCUT2D eigenvalue weighted by Gasteiger charge is -2.35. The fraction of sp³-hybridized carbons (Fsp3) is 0.294. The molecule has 0 unspecified atom stereocenters. The highest BCUT2D eigenvalue weighted by molar-refractivity contribution is 6.30. The van der Waals surface area contributed by atoms with E-state index in [1.54, 1.807) is 18.3 Å². The van der Waals surface area contributed by atoms with Crippen molar-refractivity contribution >= 4 is 23.4 Å². The number of benzene rings is 1. The van der Waals surface area contributed by atoms with E-state index >= 15 is 0 Å². The summed E-state index contributed by atoms with van der Waals surface area (Å²) >= 11 is 5.87. The Morgan fingerprint density at radius 2 is 1.78 bits per heavy atom. The van der Waals surface area contributed by atoms with Crippen molar-refractivity contribution in [3.63, 3.8) is 0 Å². The van der Waals surface area contributed by atoms with Crippen LogP contribution in [0.15, 0.2) is 42.6 Å². The number of hydrogen-bond donors (Lipinski definition) is 1. The summed E-state index contributed by atoms with van der Waals surface area (Å²) in [6.45, 7) is 4.57. The van der Waals surface area contributed by atoms with Crippen LogP contribution in [0.3, 0.4) is 0 Å². The molecule has 0 saturated carbocycles. The Labute approximate surface area is 140 Å². The first-order valence-electron chi connectivity index (χ1n) is 7.53. The Kier molecular flexibility index (Phi) is 4.79. The van der Waals surface area contributed by atoms with E-state index in [1.165, 1.54) is 0 Å². The van der Waals surface area contributed by atoms with E-state index in [4.69, 9.17) is 16.7 Å². The smallest absolute Gasteiger partial charge is 0.335 e. The summed E-state index contributed by atoms with van der Waals surface area (Å²) in [5, 5.41) is 9.57. The molecular formula is C17H18ClN3O2. The van der Waals surface area contributed by atoms with Crippen molar-refractivity contribution in [2.45, 2.75) is 6.54 Å². The molecule has 0 amide bonds. The van der Waals surface area contributed by atoms with Gasteiger partial charge in [-0.15, -0.1) is 0 Å². The summed E-state index contributed by atoms with van der Waals surface area (Å²) in [6.07, 6.45) is 1.67. The summed E-state index contributed by atoms with van der Waals surface area (Å²) in [5.74, 6) is 0.0699. The first-order chi connectivity index (χ1) is 11.1. The number of carboxylic acids is 1. The van der Waals surface area contributed by atoms with Gasteiger partial charge in [0.2, 0.25) is 0 Å². The summed E-state index contributed by atoms with van der Waals surface area (Å²) in [4.78, 5) is 19.8. The minimum atomic E-state index is -0.888. The SMILES string of the molecule is O=C(O)c1ccc(CN2CCN(c3ccc(Cl)cn3)CC2)cc1. The van der Waals surface area contributed by atoms with Gasteiger partial charge in [0.25, 0.3) is 0 Å². The van der Waals surface area contributed by atoms with Crippen molar-refractivity contribution in [3.05, 3.63) is 58.7 Å².